The number of piperidine rings is 1. The smallest absolute Gasteiger partial charge is 0.279 e. The minimum Gasteiger partial charge on any atom is -0.490 e. The molecule has 1 fully saturated rings. The molecule has 3 rings (SSSR count). The van der Waals surface area contributed by atoms with Crippen LogP contribution in [0.25, 0.3) is 0 Å². The van der Waals surface area contributed by atoms with E-state index in [-0.39, 0.29) is 41.2 Å². The van der Waals surface area contributed by atoms with Crippen molar-refractivity contribution < 1.29 is 27.6 Å². The van der Waals surface area contributed by atoms with Crippen LogP contribution in [0.4, 0.5) is 0 Å². The van der Waals surface area contributed by atoms with Gasteiger partial charge in [0.15, 0.2) is 0 Å². The normalized spacial score (nSPS) is 16.3. The molecule has 2 heterocycles. The Balaban J connectivity index is 1.77. The Labute approximate surface area is 157 Å². The first-order chi connectivity index (χ1) is 12.8. The third-order valence-corrected chi connectivity index (χ3v) is 6.63. The largest absolute Gasteiger partial charge is 0.490 e. The zero-order valence-electron chi connectivity index (χ0n) is 15.1. The number of nitrogens with zero attached hydrogens (tertiary/aromatic N) is 1. The lowest BCUT2D eigenvalue weighted by atomic mass is 10.1. The van der Waals surface area contributed by atoms with Crippen molar-refractivity contribution in [3.63, 3.8) is 0 Å². The summed E-state index contributed by atoms with van der Waals surface area (Å²) in [6.07, 6.45) is 0.989. The number of hydroxylamine groups is 1. The van der Waals surface area contributed by atoms with Gasteiger partial charge in [0, 0.05) is 13.1 Å². The van der Waals surface area contributed by atoms with Gasteiger partial charge in [0.25, 0.3) is 5.91 Å². The standard InChI is InChI=1S/C18H22N2O6S/c1-12-16(18(21)19-22)17(13(2)25-12)27(23,24)20-10-8-15(9-11-20)26-14-6-4-3-5-7-14/h3-7,15,22H,8-11H2,1-2H3,(H,19,21). The highest BCUT2D eigenvalue weighted by atomic mass is 32.2. The molecule has 1 aromatic carbocycles. The molecule has 1 aliphatic rings. The van der Waals surface area contributed by atoms with E-state index >= 15 is 0 Å². The number of ether oxygens (including phenoxy) is 1. The van der Waals surface area contributed by atoms with Crippen molar-refractivity contribution in [3.05, 3.63) is 47.4 Å². The molecule has 0 aliphatic carbocycles. The number of sulfonamides is 1. The Morgan fingerprint density at radius 1 is 1.19 bits per heavy atom. The lowest BCUT2D eigenvalue weighted by molar-refractivity contribution is 0.0701. The SMILES string of the molecule is Cc1oc(C)c(S(=O)(=O)N2CCC(Oc3ccccc3)CC2)c1C(=O)NO. The van der Waals surface area contributed by atoms with Gasteiger partial charge in [-0.15, -0.1) is 0 Å². The van der Waals surface area contributed by atoms with Crippen LogP contribution in [0.1, 0.15) is 34.7 Å². The number of carbonyl (C=O) groups excluding carboxylic acids is 1. The summed E-state index contributed by atoms with van der Waals surface area (Å²) in [6, 6.07) is 9.39. The number of furan rings is 1. The van der Waals surface area contributed by atoms with E-state index in [2.05, 4.69) is 0 Å². The maximum Gasteiger partial charge on any atom is 0.279 e. The molecule has 1 aliphatic heterocycles. The maximum atomic E-state index is 13.1. The number of nitrogens with one attached hydrogen (secondary N) is 1. The van der Waals surface area contributed by atoms with Crippen LogP contribution < -0.4 is 10.2 Å². The molecule has 0 atom stereocenters. The van der Waals surface area contributed by atoms with Gasteiger partial charge in [-0.1, -0.05) is 18.2 Å². The summed E-state index contributed by atoms with van der Waals surface area (Å²) in [4.78, 5) is 11.7. The highest BCUT2D eigenvalue weighted by molar-refractivity contribution is 7.89. The van der Waals surface area contributed by atoms with Crippen LogP contribution in [0.2, 0.25) is 0 Å². The molecule has 0 radical (unpaired) electrons. The van der Waals surface area contributed by atoms with Crippen molar-refractivity contribution in [2.75, 3.05) is 13.1 Å². The predicted molar refractivity (Wildman–Crippen MR) is 96.3 cm³/mol. The molecular formula is C18H22N2O6S. The van der Waals surface area contributed by atoms with Crippen molar-refractivity contribution in [1.29, 1.82) is 0 Å². The molecule has 1 aromatic heterocycles. The second-order valence-electron chi connectivity index (χ2n) is 6.39. The van der Waals surface area contributed by atoms with E-state index in [1.165, 1.54) is 23.6 Å². The summed E-state index contributed by atoms with van der Waals surface area (Å²) >= 11 is 0. The molecule has 1 amide bonds. The highest BCUT2D eigenvalue weighted by Gasteiger charge is 2.37. The Kier molecular flexibility index (Phi) is 5.54. The topological polar surface area (TPSA) is 109 Å². The minimum atomic E-state index is -3.94. The Hall–Kier alpha value is -2.36. The first-order valence-electron chi connectivity index (χ1n) is 8.61. The fourth-order valence-electron chi connectivity index (χ4n) is 3.30. The van der Waals surface area contributed by atoms with Gasteiger partial charge >= 0.3 is 0 Å². The van der Waals surface area contributed by atoms with Gasteiger partial charge in [0.2, 0.25) is 10.0 Å². The fourth-order valence-corrected chi connectivity index (χ4v) is 5.15. The van der Waals surface area contributed by atoms with Gasteiger partial charge in [0.1, 0.15) is 33.8 Å². The van der Waals surface area contributed by atoms with Crippen LogP contribution >= 0.6 is 0 Å². The molecular weight excluding hydrogens is 372 g/mol. The van der Waals surface area contributed by atoms with Gasteiger partial charge in [-0.25, -0.2) is 13.9 Å². The summed E-state index contributed by atoms with van der Waals surface area (Å²) < 4.78 is 38.7. The van der Waals surface area contributed by atoms with E-state index in [1.807, 2.05) is 30.3 Å². The molecule has 0 bridgehead atoms. The van der Waals surface area contributed by atoms with E-state index in [4.69, 9.17) is 14.4 Å². The molecule has 9 heteroatoms. The van der Waals surface area contributed by atoms with Crippen LogP contribution in [-0.2, 0) is 10.0 Å². The maximum absolute atomic E-state index is 13.1. The van der Waals surface area contributed by atoms with Gasteiger partial charge in [-0.2, -0.15) is 4.31 Å². The molecule has 2 N–H and O–H groups in total. The van der Waals surface area contributed by atoms with Crippen LogP contribution in [-0.4, -0.2) is 43.0 Å². The van der Waals surface area contributed by atoms with E-state index in [0.717, 1.165) is 5.75 Å². The van der Waals surface area contributed by atoms with E-state index in [1.54, 1.807) is 0 Å². The average Bonchev–Trinajstić information content (AvgIpc) is 2.97. The summed E-state index contributed by atoms with van der Waals surface area (Å²) in [6.45, 7) is 3.50. The molecule has 8 nitrogen and oxygen atoms in total. The third kappa shape index (κ3) is 3.85. The minimum absolute atomic E-state index is 0.0776. The predicted octanol–water partition coefficient (Wildman–Crippen LogP) is 2.25. The molecule has 0 spiro atoms. The monoisotopic (exact) mass is 394 g/mol. The van der Waals surface area contributed by atoms with Crippen molar-refractivity contribution in [2.45, 2.75) is 37.7 Å². The highest BCUT2D eigenvalue weighted by Crippen LogP contribution is 2.31. The number of benzene rings is 1. The number of rotatable bonds is 5. The van der Waals surface area contributed by atoms with E-state index in [0.29, 0.717) is 12.8 Å². The summed E-state index contributed by atoms with van der Waals surface area (Å²) in [5, 5.41) is 8.93. The van der Waals surface area contributed by atoms with Gasteiger partial charge < -0.3 is 9.15 Å². The molecule has 146 valence electrons. The lowest BCUT2D eigenvalue weighted by Crippen LogP contribution is -2.42. The Bertz CT molecular complexity index is 915. The second-order valence-corrected chi connectivity index (χ2v) is 8.27. The van der Waals surface area contributed by atoms with Crippen LogP contribution in [0.3, 0.4) is 0 Å². The van der Waals surface area contributed by atoms with E-state index < -0.39 is 15.9 Å². The number of hydrogen-bond acceptors (Lipinski definition) is 6. The summed E-state index contributed by atoms with van der Waals surface area (Å²) in [5.74, 6) is 0.0981. The van der Waals surface area contributed by atoms with Crippen LogP contribution in [0.5, 0.6) is 5.75 Å². The number of carbonyl (C=O) groups is 1. The molecule has 27 heavy (non-hydrogen) atoms. The number of aryl methyl sites for hydroxylation is 2. The van der Waals surface area contributed by atoms with Gasteiger partial charge in [-0.05, 0) is 38.8 Å². The second kappa shape index (κ2) is 7.71. The van der Waals surface area contributed by atoms with Crippen molar-refractivity contribution in [3.8, 4) is 5.75 Å². The third-order valence-electron chi connectivity index (χ3n) is 4.58. The molecule has 0 unspecified atom stereocenters. The number of para-hydroxylation sites is 1. The first-order valence-corrected chi connectivity index (χ1v) is 10.0. The van der Waals surface area contributed by atoms with Gasteiger partial charge in [-0.3, -0.25) is 10.0 Å². The molecule has 0 saturated carbocycles. The summed E-state index contributed by atoms with van der Waals surface area (Å²) in [7, 11) is -3.94. The van der Waals surface area contributed by atoms with Crippen molar-refractivity contribution >= 4 is 15.9 Å². The lowest BCUT2D eigenvalue weighted by Gasteiger charge is -2.31. The summed E-state index contributed by atoms with van der Waals surface area (Å²) in [5.41, 5.74) is 1.31. The molecule has 1 saturated heterocycles. The number of amides is 1. The van der Waals surface area contributed by atoms with Crippen molar-refractivity contribution in [2.24, 2.45) is 0 Å². The first kappa shape index (κ1) is 19.4. The van der Waals surface area contributed by atoms with Crippen LogP contribution in [0.15, 0.2) is 39.6 Å². The van der Waals surface area contributed by atoms with Crippen LogP contribution in [0, 0.1) is 13.8 Å². The Morgan fingerprint density at radius 2 is 1.81 bits per heavy atom. The Morgan fingerprint density at radius 3 is 2.41 bits per heavy atom. The zero-order valence-corrected chi connectivity index (χ0v) is 16.0. The zero-order chi connectivity index (χ0) is 19.6. The average molecular weight is 394 g/mol. The van der Waals surface area contributed by atoms with E-state index in [9.17, 15) is 13.2 Å². The van der Waals surface area contributed by atoms with Crippen molar-refractivity contribution in [1.82, 2.24) is 9.79 Å². The van der Waals surface area contributed by atoms with Gasteiger partial charge in [0.05, 0.1) is 0 Å². The fraction of sp³-hybridized carbons (Fsp3) is 0.389. The number of hydrogen-bond donors (Lipinski definition) is 2. The molecule has 2 aromatic rings. The quantitative estimate of drug-likeness (QED) is 0.595.